The fourth-order valence-electron chi connectivity index (χ4n) is 15.9. The van der Waals surface area contributed by atoms with Crippen molar-refractivity contribution in [1.29, 1.82) is 0 Å². The molecule has 17 nitrogen and oxygen atoms in total. The van der Waals surface area contributed by atoms with Crippen molar-refractivity contribution in [3.8, 4) is 0 Å². The van der Waals surface area contributed by atoms with Gasteiger partial charge in [0.15, 0.2) is 24.7 Å². The third-order valence-electron chi connectivity index (χ3n) is 19.1. The summed E-state index contributed by atoms with van der Waals surface area (Å²) in [5.41, 5.74) is -0.608. The van der Waals surface area contributed by atoms with Crippen molar-refractivity contribution in [3.63, 3.8) is 0 Å². The molecule has 4 aliphatic carbocycles. The van der Waals surface area contributed by atoms with Crippen LogP contribution < -0.4 is 0 Å². The van der Waals surface area contributed by atoms with E-state index in [1.165, 1.54) is 6.92 Å². The van der Waals surface area contributed by atoms with E-state index in [1.54, 1.807) is 6.92 Å². The summed E-state index contributed by atoms with van der Waals surface area (Å²) in [5.74, 6) is -0.359. The summed E-state index contributed by atoms with van der Waals surface area (Å²) in [6, 6.07) is 0. The number of hydrogen-bond acceptors (Lipinski definition) is 17. The maximum atomic E-state index is 11.2. The van der Waals surface area contributed by atoms with E-state index in [1.807, 2.05) is 13.8 Å². The zero-order valence-corrected chi connectivity index (χ0v) is 39.6. The predicted molar refractivity (Wildman–Crippen MR) is 228 cm³/mol. The standard InChI is InChI=1S/C48H78O17/c1-21(2)16-24-17-46(9,65-42-38(57)34(53)31(50)23(4)61-42)39-25-10-11-28-44(7)14-13-29(43(5,6)27(44)12-15-45(28,8)47(25)19-48(39,64-24)59-20-47)63-41-37(56)35(54)32(51)26(62-41)18-58-40-36(55)33(52)30(49)22(3)60-40/h16,22-42,49-57H,10-15,17-20H2,1-9H3. The van der Waals surface area contributed by atoms with Crippen LogP contribution in [0.5, 0.6) is 0 Å². The van der Waals surface area contributed by atoms with Crippen LogP contribution in [-0.4, -0.2) is 175 Å². The van der Waals surface area contributed by atoms with E-state index in [0.717, 1.165) is 44.1 Å². The average molecular weight is 927 g/mol. The van der Waals surface area contributed by atoms with Gasteiger partial charge in [0.2, 0.25) is 0 Å². The molecule has 0 aromatic carbocycles. The Labute approximate surface area is 382 Å². The molecule has 0 amide bonds. The van der Waals surface area contributed by atoms with Crippen LogP contribution in [0.2, 0.25) is 0 Å². The van der Waals surface area contributed by atoms with Crippen LogP contribution in [0.25, 0.3) is 0 Å². The lowest BCUT2D eigenvalue weighted by Crippen LogP contribution is -2.68. The fourth-order valence-corrected chi connectivity index (χ4v) is 15.9. The molecule has 65 heavy (non-hydrogen) atoms. The summed E-state index contributed by atoms with van der Waals surface area (Å²) < 4.78 is 51.3. The van der Waals surface area contributed by atoms with Crippen LogP contribution in [-0.2, 0) is 37.9 Å². The molecule has 5 heterocycles. The lowest BCUT2D eigenvalue weighted by molar-refractivity contribution is -0.384. The van der Waals surface area contributed by atoms with Gasteiger partial charge in [0.1, 0.15) is 61.0 Å². The quantitative estimate of drug-likeness (QED) is 0.123. The normalized spacial score (nSPS) is 58.3. The maximum absolute atomic E-state index is 11.2. The number of ether oxygens (including phenoxy) is 8. The molecule has 372 valence electrons. The first-order valence-corrected chi connectivity index (χ1v) is 24.3. The molecule has 5 saturated heterocycles. The predicted octanol–water partition coefficient (Wildman–Crippen LogP) is 1.38. The van der Waals surface area contributed by atoms with E-state index in [2.05, 4.69) is 40.7 Å². The van der Waals surface area contributed by atoms with E-state index in [4.69, 9.17) is 37.9 Å². The molecule has 2 spiro atoms. The Bertz CT molecular complexity index is 1780. The van der Waals surface area contributed by atoms with E-state index >= 15 is 0 Å². The molecular formula is C48H78O17. The van der Waals surface area contributed by atoms with Crippen LogP contribution >= 0.6 is 0 Å². The monoisotopic (exact) mass is 927 g/mol. The molecule has 26 unspecified atom stereocenters. The molecule has 0 aromatic rings. The van der Waals surface area contributed by atoms with Crippen LogP contribution in [0.1, 0.15) is 114 Å². The van der Waals surface area contributed by atoms with Crippen LogP contribution in [0, 0.1) is 45.3 Å². The summed E-state index contributed by atoms with van der Waals surface area (Å²) in [5, 5.41) is 96.6. The summed E-state index contributed by atoms with van der Waals surface area (Å²) >= 11 is 0. The highest BCUT2D eigenvalue weighted by atomic mass is 16.7. The highest BCUT2D eigenvalue weighted by Crippen LogP contribution is 2.80. The summed E-state index contributed by atoms with van der Waals surface area (Å²) in [4.78, 5) is 0. The van der Waals surface area contributed by atoms with Crippen LogP contribution in [0.4, 0.5) is 0 Å². The molecule has 0 aromatic heterocycles. The Morgan fingerprint density at radius 1 is 0.662 bits per heavy atom. The molecule has 0 radical (unpaired) electrons. The molecular weight excluding hydrogens is 849 g/mol. The number of hydrogen-bond donors (Lipinski definition) is 9. The Balaban J connectivity index is 0.936. The fraction of sp³-hybridized carbons (Fsp3) is 0.958. The van der Waals surface area contributed by atoms with Crippen molar-refractivity contribution >= 4 is 0 Å². The largest absolute Gasteiger partial charge is 0.388 e. The minimum Gasteiger partial charge on any atom is -0.388 e. The van der Waals surface area contributed by atoms with E-state index < -0.39 is 109 Å². The second-order valence-corrected chi connectivity index (χ2v) is 23.4. The molecule has 5 aliphatic heterocycles. The van der Waals surface area contributed by atoms with Gasteiger partial charge in [-0.2, -0.15) is 0 Å². The first kappa shape index (κ1) is 49.1. The van der Waals surface area contributed by atoms with Gasteiger partial charge in [0.05, 0.1) is 43.2 Å². The third-order valence-corrected chi connectivity index (χ3v) is 19.1. The van der Waals surface area contributed by atoms with Crippen molar-refractivity contribution in [2.24, 2.45) is 45.3 Å². The van der Waals surface area contributed by atoms with Gasteiger partial charge in [0, 0.05) is 24.2 Å². The van der Waals surface area contributed by atoms with E-state index in [0.29, 0.717) is 25.4 Å². The Kier molecular flexibility index (Phi) is 12.7. The number of aliphatic hydroxyl groups excluding tert-OH is 9. The summed E-state index contributed by atoms with van der Waals surface area (Å²) in [6.07, 6.45) is -11.7. The van der Waals surface area contributed by atoms with Gasteiger partial charge in [-0.25, -0.2) is 0 Å². The number of rotatable bonds is 8. The Morgan fingerprint density at radius 2 is 1.28 bits per heavy atom. The molecule has 4 saturated carbocycles. The van der Waals surface area contributed by atoms with Crippen molar-refractivity contribution in [1.82, 2.24) is 0 Å². The molecule has 2 bridgehead atoms. The molecule has 17 heteroatoms. The molecule has 26 atom stereocenters. The first-order valence-electron chi connectivity index (χ1n) is 24.3. The van der Waals surface area contributed by atoms with E-state index in [-0.39, 0.29) is 52.8 Å². The van der Waals surface area contributed by atoms with Crippen molar-refractivity contribution in [2.75, 3.05) is 13.2 Å². The van der Waals surface area contributed by atoms with Crippen LogP contribution in [0.15, 0.2) is 11.6 Å². The zero-order chi connectivity index (χ0) is 47.1. The Morgan fingerprint density at radius 3 is 1.94 bits per heavy atom. The Hall–Kier alpha value is -0.940. The third kappa shape index (κ3) is 7.42. The van der Waals surface area contributed by atoms with Gasteiger partial charge in [-0.05, 0) is 107 Å². The van der Waals surface area contributed by atoms with Gasteiger partial charge < -0.3 is 83.9 Å². The molecule has 9 aliphatic rings. The van der Waals surface area contributed by atoms with Crippen molar-refractivity contribution in [3.05, 3.63) is 11.6 Å². The SMILES string of the molecule is CC(C)=CC1CC(C)(OC2OC(C)C(O)C(O)C2O)C2C3CCC4C5(C)CCC(OC6OC(COC7OC(C)C(O)C(O)C7O)C(O)C(O)C6O)C(C)(C)C5CCC4(C)C34COC2(C4)O1. The number of aliphatic hydroxyl groups is 9. The van der Waals surface area contributed by atoms with Gasteiger partial charge in [0.25, 0.3) is 0 Å². The van der Waals surface area contributed by atoms with E-state index in [9.17, 15) is 46.0 Å². The van der Waals surface area contributed by atoms with Crippen LogP contribution in [0.3, 0.4) is 0 Å². The molecule has 9 rings (SSSR count). The van der Waals surface area contributed by atoms with Gasteiger partial charge in [-0.1, -0.05) is 39.3 Å². The lowest BCUT2D eigenvalue weighted by Gasteiger charge is -2.70. The van der Waals surface area contributed by atoms with Crippen molar-refractivity contribution in [2.45, 2.75) is 229 Å². The second kappa shape index (κ2) is 16.8. The maximum Gasteiger partial charge on any atom is 0.187 e. The van der Waals surface area contributed by atoms with Gasteiger partial charge >= 0.3 is 0 Å². The number of allylic oxidation sites excluding steroid dienone is 1. The summed E-state index contributed by atoms with van der Waals surface area (Å²) in [7, 11) is 0. The lowest BCUT2D eigenvalue weighted by atomic mass is 9.35. The molecule has 9 fully saturated rings. The first-order chi connectivity index (χ1) is 30.3. The van der Waals surface area contributed by atoms with Crippen molar-refractivity contribution < 1.29 is 83.9 Å². The minimum atomic E-state index is -1.61. The molecule has 9 N–H and O–H groups in total. The van der Waals surface area contributed by atoms with Gasteiger partial charge in [-0.15, -0.1) is 0 Å². The minimum absolute atomic E-state index is 0.0910. The smallest absolute Gasteiger partial charge is 0.187 e. The highest BCUT2D eigenvalue weighted by Gasteiger charge is 2.81. The highest BCUT2D eigenvalue weighted by molar-refractivity contribution is 5.27. The zero-order valence-electron chi connectivity index (χ0n) is 39.6. The van der Waals surface area contributed by atoms with Gasteiger partial charge in [-0.3, -0.25) is 0 Å². The average Bonchev–Trinajstić information content (AvgIpc) is 3.76. The summed E-state index contributed by atoms with van der Waals surface area (Å²) in [6.45, 7) is 19.0. The second-order valence-electron chi connectivity index (χ2n) is 23.4. The topological polar surface area (TPSA) is 256 Å². The number of fused-ring (bicyclic) bond motifs is 4.